The second kappa shape index (κ2) is 4.10. The van der Waals surface area contributed by atoms with Crippen LogP contribution in [0, 0.1) is 11.8 Å². The Labute approximate surface area is 70.6 Å². The van der Waals surface area contributed by atoms with E-state index in [9.17, 15) is 0 Å². The van der Waals surface area contributed by atoms with Crippen molar-refractivity contribution in [1.82, 2.24) is 5.32 Å². The van der Waals surface area contributed by atoms with Crippen LogP contribution in [-0.4, -0.2) is 12.6 Å². The summed E-state index contributed by atoms with van der Waals surface area (Å²) in [4.78, 5) is 0. The smallest absolute Gasteiger partial charge is 0.00727 e. The summed E-state index contributed by atoms with van der Waals surface area (Å²) in [6.07, 6.45) is 4.09. The molecule has 0 amide bonds. The Morgan fingerprint density at radius 3 is 2.73 bits per heavy atom. The topological polar surface area (TPSA) is 12.0 Å². The highest BCUT2D eigenvalue weighted by Gasteiger charge is 2.21. The van der Waals surface area contributed by atoms with Gasteiger partial charge in [-0.15, -0.1) is 0 Å². The van der Waals surface area contributed by atoms with Gasteiger partial charge in [-0.2, -0.15) is 0 Å². The normalized spacial score (nSPS) is 34.1. The van der Waals surface area contributed by atoms with Crippen LogP contribution < -0.4 is 5.32 Å². The minimum atomic E-state index is 0.819. The third-order valence-electron chi connectivity index (χ3n) is 2.83. The number of hydrogen-bond acceptors (Lipinski definition) is 1. The summed E-state index contributed by atoms with van der Waals surface area (Å²) in [6.45, 7) is 8.21. The predicted molar refractivity (Wildman–Crippen MR) is 49.6 cm³/mol. The molecule has 1 aliphatic rings. The van der Waals surface area contributed by atoms with E-state index in [0.29, 0.717) is 0 Å². The van der Waals surface area contributed by atoms with Gasteiger partial charge in [-0.3, -0.25) is 0 Å². The molecule has 0 saturated carbocycles. The van der Waals surface area contributed by atoms with Gasteiger partial charge in [0.15, 0.2) is 0 Å². The van der Waals surface area contributed by atoms with Gasteiger partial charge in [0.1, 0.15) is 0 Å². The van der Waals surface area contributed by atoms with Crippen molar-refractivity contribution >= 4 is 0 Å². The monoisotopic (exact) mass is 155 g/mol. The van der Waals surface area contributed by atoms with Gasteiger partial charge in [0.25, 0.3) is 0 Å². The molecule has 3 atom stereocenters. The van der Waals surface area contributed by atoms with E-state index < -0.39 is 0 Å². The Bertz CT molecular complexity index is 111. The lowest BCUT2D eigenvalue weighted by Crippen LogP contribution is -2.23. The van der Waals surface area contributed by atoms with Gasteiger partial charge < -0.3 is 5.32 Å². The van der Waals surface area contributed by atoms with Crippen LogP contribution in [0.15, 0.2) is 0 Å². The Morgan fingerprint density at radius 1 is 1.55 bits per heavy atom. The third kappa shape index (κ3) is 2.82. The van der Waals surface area contributed by atoms with Crippen molar-refractivity contribution in [3.63, 3.8) is 0 Å². The van der Waals surface area contributed by atoms with Crippen molar-refractivity contribution in [2.45, 2.75) is 46.1 Å². The quantitative estimate of drug-likeness (QED) is 0.660. The Morgan fingerprint density at radius 2 is 2.27 bits per heavy atom. The maximum absolute atomic E-state index is 3.57. The number of rotatable bonds is 3. The molecule has 1 rings (SSSR count). The molecule has 0 aromatic carbocycles. The molecule has 66 valence electrons. The average Bonchev–Trinajstić information content (AvgIpc) is 2.35. The molecule has 0 aliphatic carbocycles. The first-order chi connectivity index (χ1) is 5.22. The van der Waals surface area contributed by atoms with Gasteiger partial charge in [-0.05, 0) is 31.2 Å². The fourth-order valence-electron chi connectivity index (χ4n) is 1.85. The van der Waals surface area contributed by atoms with Gasteiger partial charge in [0.05, 0.1) is 0 Å². The van der Waals surface area contributed by atoms with E-state index in [4.69, 9.17) is 0 Å². The fourth-order valence-corrected chi connectivity index (χ4v) is 1.85. The van der Waals surface area contributed by atoms with E-state index in [2.05, 4.69) is 26.1 Å². The van der Waals surface area contributed by atoms with E-state index in [1.165, 1.54) is 25.8 Å². The van der Waals surface area contributed by atoms with Crippen LogP contribution in [0.25, 0.3) is 0 Å². The fraction of sp³-hybridized carbons (Fsp3) is 1.00. The molecule has 1 heteroatoms. The molecular weight excluding hydrogens is 134 g/mol. The summed E-state index contributed by atoms with van der Waals surface area (Å²) < 4.78 is 0. The molecule has 0 aromatic heterocycles. The summed E-state index contributed by atoms with van der Waals surface area (Å²) >= 11 is 0. The van der Waals surface area contributed by atoms with Crippen molar-refractivity contribution in [2.75, 3.05) is 6.54 Å². The molecule has 1 nitrogen and oxygen atoms in total. The van der Waals surface area contributed by atoms with Crippen LogP contribution in [0.2, 0.25) is 0 Å². The first-order valence-corrected chi connectivity index (χ1v) is 4.95. The summed E-state index contributed by atoms with van der Waals surface area (Å²) in [5, 5.41) is 3.57. The summed E-state index contributed by atoms with van der Waals surface area (Å²) in [5.41, 5.74) is 0. The van der Waals surface area contributed by atoms with E-state index >= 15 is 0 Å². The predicted octanol–water partition coefficient (Wildman–Crippen LogP) is 2.42. The lowest BCUT2D eigenvalue weighted by atomic mass is 9.96. The first-order valence-electron chi connectivity index (χ1n) is 4.95. The van der Waals surface area contributed by atoms with Gasteiger partial charge in [-0.25, -0.2) is 0 Å². The van der Waals surface area contributed by atoms with E-state index in [0.717, 1.165) is 17.9 Å². The number of hydrogen-bond donors (Lipinski definition) is 1. The first kappa shape index (κ1) is 9.05. The standard InChI is InChI=1S/C10H21N/c1-4-8(2)5-10-6-9(3)7-11-10/h8-11H,4-7H2,1-3H3. The molecule has 1 aliphatic heterocycles. The minimum absolute atomic E-state index is 0.819. The van der Waals surface area contributed by atoms with Crippen LogP contribution in [-0.2, 0) is 0 Å². The summed E-state index contributed by atoms with van der Waals surface area (Å²) in [6, 6.07) is 0.819. The summed E-state index contributed by atoms with van der Waals surface area (Å²) in [7, 11) is 0. The highest BCUT2D eigenvalue weighted by molar-refractivity contribution is 4.79. The third-order valence-corrected chi connectivity index (χ3v) is 2.83. The van der Waals surface area contributed by atoms with Crippen LogP contribution >= 0.6 is 0 Å². The van der Waals surface area contributed by atoms with Gasteiger partial charge in [-0.1, -0.05) is 27.2 Å². The highest BCUT2D eigenvalue weighted by atomic mass is 14.9. The van der Waals surface area contributed by atoms with E-state index in [1.54, 1.807) is 0 Å². The molecule has 0 radical (unpaired) electrons. The van der Waals surface area contributed by atoms with E-state index in [-0.39, 0.29) is 0 Å². The maximum atomic E-state index is 3.57. The second-order valence-electron chi connectivity index (χ2n) is 4.20. The van der Waals surface area contributed by atoms with Crippen molar-refractivity contribution < 1.29 is 0 Å². The van der Waals surface area contributed by atoms with Crippen molar-refractivity contribution in [1.29, 1.82) is 0 Å². The van der Waals surface area contributed by atoms with Gasteiger partial charge in [0.2, 0.25) is 0 Å². The molecule has 0 spiro atoms. The Hall–Kier alpha value is -0.0400. The highest BCUT2D eigenvalue weighted by Crippen LogP contribution is 2.20. The molecule has 1 fully saturated rings. The van der Waals surface area contributed by atoms with Crippen molar-refractivity contribution in [3.05, 3.63) is 0 Å². The molecule has 0 aromatic rings. The zero-order chi connectivity index (χ0) is 8.27. The van der Waals surface area contributed by atoms with Crippen LogP contribution in [0.3, 0.4) is 0 Å². The van der Waals surface area contributed by atoms with Gasteiger partial charge >= 0.3 is 0 Å². The molecule has 1 heterocycles. The lowest BCUT2D eigenvalue weighted by Gasteiger charge is -2.14. The van der Waals surface area contributed by atoms with Crippen molar-refractivity contribution in [2.24, 2.45) is 11.8 Å². The number of nitrogens with one attached hydrogen (secondary N) is 1. The zero-order valence-electron chi connectivity index (χ0n) is 8.06. The zero-order valence-corrected chi connectivity index (χ0v) is 8.06. The largest absolute Gasteiger partial charge is 0.314 e. The average molecular weight is 155 g/mol. The Kier molecular flexibility index (Phi) is 3.38. The van der Waals surface area contributed by atoms with E-state index in [1.807, 2.05) is 0 Å². The SMILES string of the molecule is CCC(C)CC1CC(C)CN1. The summed E-state index contributed by atoms with van der Waals surface area (Å²) in [5.74, 6) is 1.81. The molecule has 11 heavy (non-hydrogen) atoms. The molecule has 1 saturated heterocycles. The van der Waals surface area contributed by atoms with Crippen LogP contribution in [0.5, 0.6) is 0 Å². The van der Waals surface area contributed by atoms with Crippen LogP contribution in [0.1, 0.15) is 40.0 Å². The minimum Gasteiger partial charge on any atom is -0.314 e. The Balaban J connectivity index is 2.17. The second-order valence-corrected chi connectivity index (χ2v) is 4.20. The van der Waals surface area contributed by atoms with Crippen molar-refractivity contribution in [3.8, 4) is 0 Å². The maximum Gasteiger partial charge on any atom is 0.00727 e. The molecule has 1 N–H and O–H groups in total. The van der Waals surface area contributed by atoms with Gasteiger partial charge in [0, 0.05) is 6.04 Å². The van der Waals surface area contributed by atoms with Crippen LogP contribution in [0.4, 0.5) is 0 Å². The molecule has 3 unspecified atom stereocenters. The lowest BCUT2D eigenvalue weighted by molar-refractivity contribution is 0.423. The molecule has 0 bridgehead atoms. The molecular formula is C10H21N.